The third kappa shape index (κ3) is 4.37. The molecule has 7 nitrogen and oxygen atoms in total. The first-order chi connectivity index (χ1) is 11.5. The standard InChI is InChI=1S/C17H18N2O5/c1-24-15-8-2-12(3-9-15)10-18-16(11-20)17(21)13-4-6-14(7-5-13)19(22)23/h2-10,16-17,20-21H,11H2,1H3/t16-,17+/m0/s1. The van der Waals surface area contributed by atoms with E-state index in [1.165, 1.54) is 24.3 Å². The van der Waals surface area contributed by atoms with Crippen molar-refractivity contribution in [2.24, 2.45) is 4.99 Å². The molecule has 0 heterocycles. The number of nitro benzene ring substituents is 1. The number of hydrogen-bond acceptors (Lipinski definition) is 6. The second kappa shape index (κ2) is 8.19. The van der Waals surface area contributed by atoms with Crippen molar-refractivity contribution in [2.75, 3.05) is 13.7 Å². The lowest BCUT2D eigenvalue weighted by Gasteiger charge is -2.17. The number of nitrogens with zero attached hydrogens (tertiary/aromatic N) is 2. The zero-order chi connectivity index (χ0) is 17.5. The van der Waals surface area contributed by atoms with Crippen molar-refractivity contribution in [3.8, 4) is 5.75 Å². The molecule has 2 rings (SSSR count). The molecule has 0 aliphatic heterocycles. The van der Waals surface area contributed by atoms with Gasteiger partial charge in [-0.15, -0.1) is 0 Å². The van der Waals surface area contributed by atoms with Crippen LogP contribution in [-0.4, -0.2) is 41.1 Å². The summed E-state index contributed by atoms with van der Waals surface area (Å²) >= 11 is 0. The van der Waals surface area contributed by atoms with Crippen LogP contribution in [0.15, 0.2) is 53.5 Å². The third-order valence-corrected chi connectivity index (χ3v) is 3.53. The zero-order valence-electron chi connectivity index (χ0n) is 13.1. The highest BCUT2D eigenvalue weighted by Crippen LogP contribution is 2.22. The SMILES string of the molecule is COc1ccc(C=N[C@@H](CO)[C@H](O)c2ccc([N+](=O)[O-])cc2)cc1. The van der Waals surface area contributed by atoms with Crippen molar-refractivity contribution < 1.29 is 19.9 Å². The molecule has 24 heavy (non-hydrogen) atoms. The number of methoxy groups -OCH3 is 1. The van der Waals surface area contributed by atoms with Crippen molar-refractivity contribution in [1.82, 2.24) is 0 Å². The summed E-state index contributed by atoms with van der Waals surface area (Å²) < 4.78 is 5.07. The molecule has 0 aliphatic carbocycles. The molecular weight excluding hydrogens is 312 g/mol. The molecule has 0 aliphatic rings. The van der Waals surface area contributed by atoms with Crippen LogP contribution in [0.4, 0.5) is 5.69 Å². The van der Waals surface area contributed by atoms with Gasteiger partial charge in [-0.2, -0.15) is 0 Å². The fraction of sp³-hybridized carbons (Fsp3) is 0.235. The molecule has 0 unspecified atom stereocenters. The van der Waals surface area contributed by atoms with E-state index in [1.54, 1.807) is 37.6 Å². The summed E-state index contributed by atoms with van der Waals surface area (Å²) in [6.45, 7) is -0.356. The highest BCUT2D eigenvalue weighted by molar-refractivity contribution is 5.79. The van der Waals surface area contributed by atoms with E-state index in [9.17, 15) is 20.3 Å². The number of benzene rings is 2. The third-order valence-electron chi connectivity index (χ3n) is 3.53. The van der Waals surface area contributed by atoms with Crippen LogP contribution in [-0.2, 0) is 0 Å². The number of hydrogen-bond donors (Lipinski definition) is 2. The maximum Gasteiger partial charge on any atom is 0.269 e. The fourth-order valence-corrected chi connectivity index (χ4v) is 2.12. The molecule has 0 bridgehead atoms. The van der Waals surface area contributed by atoms with Crippen molar-refractivity contribution >= 4 is 11.9 Å². The summed E-state index contributed by atoms with van der Waals surface area (Å²) in [5.41, 5.74) is 1.19. The molecule has 0 amide bonds. The first kappa shape index (κ1) is 17.6. The van der Waals surface area contributed by atoms with Crippen LogP contribution >= 0.6 is 0 Å². The van der Waals surface area contributed by atoms with Gasteiger partial charge in [-0.25, -0.2) is 0 Å². The van der Waals surface area contributed by atoms with Crippen LogP contribution in [0, 0.1) is 10.1 Å². The molecule has 7 heteroatoms. The van der Waals surface area contributed by atoms with Gasteiger partial charge in [-0.05, 0) is 47.5 Å². The summed E-state index contributed by atoms with van der Waals surface area (Å²) in [6, 6.07) is 11.9. The van der Waals surface area contributed by atoms with E-state index >= 15 is 0 Å². The summed E-state index contributed by atoms with van der Waals surface area (Å²) in [5, 5.41) is 30.4. The second-order valence-electron chi connectivity index (χ2n) is 5.09. The van der Waals surface area contributed by atoms with Gasteiger partial charge in [0.05, 0.1) is 18.6 Å². The highest BCUT2D eigenvalue weighted by Gasteiger charge is 2.19. The largest absolute Gasteiger partial charge is 0.497 e. The molecule has 0 spiro atoms. The minimum absolute atomic E-state index is 0.0618. The van der Waals surface area contributed by atoms with Crippen LogP contribution in [0.1, 0.15) is 17.2 Å². The maximum absolute atomic E-state index is 10.6. The maximum atomic E-state index is 10.6. The summed E-state index contributed by atoms with van der Waals surface area (Å²) in [6.07, 6.45) is 0.486. The molecule has 2 aromatic rings. The average Bonchev–Trinajstić information content (AvgIpc) is 2.62. The summed E-state index contributed by atoms with van der Waals surface area (Å²) in [4.78, 5) is 14.3. The highest BCUT2D eigenvalue weighted by atomic mass is 16.6. The first-order valence-corrected chi connectivity index (χ1v) is 7.25. The van der Waals surface area contributed by atoms with E-state index in [4.69, 9.17) is 4.74 Å². The lowest BCUT2D eigenvalue weighted by molar-refractivity contribution is -0.384. The van der Waals surface area contributed by atoms with Gasteiger partial charge in [-0.1, -0.05) is 0 Å². The molecular formula is C17H18N2O5. The fourth-order valence-electron chi connectivity index (χ4n) is 2.12. The zero-order valence-corrected chi connectivity index (χ0v) is 13.1. The Morgan fingerprint density at radius 3 is 2.33 bits per heavy atom. The van der Waals surface area contributed by atoms with Gasteiger partial charge in [0, 0.05) is 18.3 Å². The number of rotatable bonds is 7. The molecule has 0 radical (unpaired) electrons. The summed E-state index contributed by atoms with van der Waals surface area (Å²) in [5.74, 6) is 0.719. The van der Waals surface area contributed by atoms with Crippen LogP contribution in [0.25, 0.3) is 0 Å². The Labute approximate surface area is 139 Å². The Bertz CT molecular complexity index is 698. The van der Waals surface area contributed by atoms with Gasteiger partial charge in [0.25, 0.3) is 5.69 Å². The number of aliphatic hydroxyl groups excluding tert-OH is 2. The topological polar surface area (TPSA) is 105 Å². The van der Waals surface area contributed by atoms with E-state index in [1.807, 2.05) is 0 Å². The lowest BCUT2D eigenvalue weighted by atomic mass is 10.0. The van der Waals surface area contributed by atoms with E-state index < -0.39 is 17.1 Å². The number of aliphatic hydroxyl groups is 2. The Kier molecular flexibility index (Phi) is 6.00. The van der Waals surface area contributed by atoms with Crippen molar-refractivity contribution in [1.29, 1.82) is 0 Å². The Morgan fingerprint density at radius 1 is 1.21 bits per heavy atom. The second-order valence-corrected chi connectivity index (χ2v) is 5.09. The average molecular weight is 330 g/mol. The van der Waals surface area contributed by atoms with Gasteiger partial charge >= 0.3 is 0 Å². The smallest absolute Gasteiger partial charge is 0.269 e. The van der Waals surface area contributed by atoms with Gasteiger partial charge in [0.15, 0.2) is 0 Å². The quantitative estimate of drug-likeness (QED) is 0.459. The molecule has 0 saturated heterocycles. The van der Waals surface area contributed by atoms with E-state index in [-0.39, 0.29) is 12.3 Å². The number of nitro groups is 1. The number of non-ortho nitro benzene ring substituents is 1. The molecule has 0 saturated carbocycles. The molecule has 0 fully saturated rings. The first-order valence-electron chi connectivity index (χ1n) is 7.25. The van der Waals surface area contributed by atoms with Crippen LogP contribution in [0.5, 0.6) is 5.75 Å². The molecule has 0 aromatic heterocycles. The van der Waals surface area contributed by atoms with Crippen LogP contribution < -0.4 is 4.74 Å². The van der Waals surface area contributed by atoms with Gasteiger partial charge in [-0.3, -0.25) is 15.1 Å². The van der Waals surface area contributed by atoms with Gasteiger partial charge < -0.3 is 14.9 Å². The predicted molar refractivity (Wildman–Crippen MR) is 89.5 cm³/mol. The predicted octanol–water partition coefficient (Wildman–Crippen LogP) is 2.12. The van der Waals surface area contributed by atoms with E-state index in [0.29, 0.717) is 5.56 Å². The molecule has 126 valence electrons. The van der Waals surface area contributed by atoms with E-state index in [0.717, 1.165) is 11.3 Å². The normalized spacial score (nSPS) is 13.6. The van der Waals surface area contributed by atoms with Crippen molar-refractivity contribution in [3.63, 3.8) is 0 Å². The Morgan fingerprint density at radius 2 is 1.83 bits per heavy atom. The van der Waals surface area contributed by atoms with Crippen molar-refractivity contribution in [2.45, 2.75) is 12.1 Å². The molecule has 2 N–H and O–H groups in total. The lowest BCUT2D eigenvalue weighted by Crippen LogP contribution is -2.21. The Balaban J connectivity index is 2.11. The van der Waals surface area contributed by atoms with Crippen LogP contribution in [0.3, 0.4) is 0 Å². The van der Waals surface area contributed by atoms with Crippen LogP contribution in [0.2, 0.25) is 0 Å². The summed E-state index contributed by atoms with van der Waals surface area (Å²) in [7, 11) is 1.57. The molecule has 2 aromatic carbocycles. The van der Waals surface area contributed by atoms with Crippen molar-refractivity contribution in [3.05, 3.63) is 69.8 Å². The Hall–Kier alpha value is -2.77. The van der Waals surface area contributed by atoms with Gasteiger partial charge in [0.2, 0.25) is 0 Å². The number of ether oxygens (including phenoxy) is 1. The minimum Gasteiger partial charge on any atom is -0.497 e. The molecule has 2 atom stereocenters. The van der Waals surface area contributed by atoms with E-state index in [2.05, 4.69) is 4.99 Å². The van der Waals surface area contributed by atoms with Gasteiger partial charge in [0.1, 0.15) is 17.9 Å². The monoisotopic (exact) mass is 330 g/mol. The minimum atomic E-state index is -1.06. The number of aliphatic imine (C=N–C) groups is 1.